The maximum absolute atomic E-state index is 11.7. The molecule has 1 heterocycles. The SMILES string of the molecule is C=CCC1(C(=O)OC)COCCC1=O. The highest BCUT2D eigenvalue weighted by Crippen LogP contribution is 2.30. The summed E-state index contributed by atoms with van der Waals surface area (Å²) in [6.45, 7) is 4.02. The van der Waals surface area contributed by atoms with Crippen molar-refractivity contribution in [2.45, 2.75) is 12.8 Å². The van der Waals surface area contributed by atoms with E-state index in [-0.39, 0.29) is 25.2 Å². The third-order valence-corrected chi connectivity index (χ3v) is 2.42. The van der Waals surface area contributed by atoms with Crippen LogP contribution < -0.4 is 0 Å². The van der Waals surface area contributed by atoms with Gasteiger partial charge in [-0.15, -0.1) is 6.58 Å². The van der Waals surface area contributed by atoms with Crippen molar-refractivity contribution in [3.05, 3.63) is 12.7 Å². The van der Waals surface area contributed by atoms with Gasteiger partial charge in [-0.3, -0.25) is 9.59 Å². The van der Waals surface area contributed by atoms with Crippen molar-refractivity contribution in [3.8, 4) is 0 Å². The molecule has 0 amide bonds. The molecule has 0 aliphatic carbocycles. The standard InChI is InChI=1S/C10H14O4/c1-3-5-10(9(12)13-2)7-14-6-4-8(10)11/h3H,1,4-7H2,2H3. The molecule has 0 aromatic rings. The number of ether oxygens (including phenoxy) is 2. The van der Waals surface area contributed by atoms with E-state index in [2.05, 4.69) is 11.3 Å². The number of esters is 1. The van der Waals surface area contributed by atoms with E-state index in [1.165, 1.54) is 7.11 Å². The molecule has 0 bridgehead atoms. The van der Waals surface area contributed by atoms with E-state index in [9.17, 15) is 9.59 Å². The molecule has 1 fully saturated rings. The summed E-state index contributed by atoms with van der Waals surface area (Å²) in [5.74, 6) is -0.641. The van der Waals surface area contributed by atoms with Gasteiger partial charge in [0.15, 0.2) is 11.2 Å². The molecule has 0 N–H and O–H groups in total. The lowest BCUT2D eigenvalue weighted by Crippen LogP contribution is -2.47. The van der Waals surface area contributed by atoms with E-state index in [0.29, 0.717) is 6.61 Å². The molecular formula is C10H14O4. The Balaban J connectivity index is 2.93. The molecule has 0 radical (unpaired) electrons. The lowest BCUT2D eigenvalue weighted by molar-refractivity contribution is -0.166. The van der Waals surface area contributed by atoms with Gasteiger partial charge in [0.1, 0.15) is 0 Å². The second-order valence-electron chi connectivity index (χ2n) is 3.29. The fourth-order valence-electron chi connectivity index (χ4n) is 1.60. The van der Waals surface area contributed by atoms with Crippen molar-refractivity contribution >= 4 is 11.8 Å². The van der Waals surface area contributed by atoms with Crippen LogP contribution in [0.5, 0.6) is 0 Å². The second kappa shape index (κ2) is 4.37. The summed E-state index contributed by atoms with van der Waals surface area (Å²) in [7, 11) is 1.27. The predicted molar refractivity (Wildman–Crippen MR) is 49.7 cm³/mol. The van der Waals surface area contributed by atoms with Crippen molar-refractivity contribution in [1.82, 2.24) is 0 Å². The second-order valence-corrected chi connectivity index (χ2v) is 3.29. The monoisotopic (exact) mass is 198 g/mol. The lowest BCUT2D eigenvalue weighted by atomic mass is 9.78. The van der Waals surface area contributed by atoms with Gasteiger partial charge in [-0.25, -0.2) is 0 Å². The maximum atomic E-state index is 11.7. The topological polar surface area (TPSA) is 52.6 Å². The lowest BCUT2D eigenvalue weighted by Gasteiger charge is -2.31. The zero-order valence-electron chi connectivity index (χ0n) is 8.25. The van der Waals surface area contributed by atoms with Crippen LogP contribution in [0.1, 0.15) is 12.8 Å². The fourth-order valence-corrected chi connectivity index (χ4v) is 1.60. The molecule has 14 heavy (non-hydrogen) atoms. The molecule has 1 saturated heterocycles. The summed E-state index contributed by atoms with van der Waals surface area (Å²) in [6, 6.07) is 0. The third-order valence-electron chi connectivity index (χ3n) is 2.42. The van der Waals surface area contributed by atoms with Crippen LogP contribution in [0, 0.1) is 5.41 Å². The summed E-state index contributed by atoms with van der Waals surface area (Å²) >= 11 is 0. The quantitative estimate of drug-likeness (QED) is 0.381. The summed E-state index contributed by atoms with van der Waals surface area (Å²) in [5.41, 5.74) is -1.14. The van der Waals surface area contributed by atoms with Crippen LogP contribution in [-0.2, 0) is 19.1 Å². The zero-order chi connectivity index (χ0) is 10.6. The van der Waals surface area contributed by atoms with Crippen molar-refractivity contribution in [3.63, 3.8) is 0 Å². The average Bonchev–Trinajstić information content (AvgIpc) is 2.20. The first-order valence-electron chi connectivity index (χ1n) is 4.48. The van der Waals surface area contributed by atoms with Crippen LogP contribution in [0.2, 0.25) is 0 Å². The number of Topliss-reactive ketones (excluding diaryl/α,β-unsaturated/α-hetero) is 1. The molecule has 0 saturated carbocycles. The van der Waals surface area contributed by atoms with E-state index >= 15 is 0 Å². The smallest absolute Gasteiger partial charge is 0.322 e. The van der Waals surface area contributed by atoms with Crippen molar-refractivity contribution < 1.29 is 19.1 Å². The molecule has 1 rings (SSSR count). The number of carbonyl (C=O) groups excluding carboxylic acids is 2. The zero-order valence-corrected chi connectivity index (χ0v) is 8.25. The van der Waals surface area contributed by atoms with E-state index in [1.807, 2.05) is 0 Å². The molecule has 0 aromatic carbocycles. The Morgan fingerprint density at radius 3 is 3.00 bits per heavy atom. The van der Waals surface area contributed by atoms with Crippen molar-refractivity contribution in [2.75, 3.05) is 20.3 Å². The molecule has 0 aromatic heterocycles. The third kappa shape index (κ3) is 1.70. The summed E-state index contributed by atoms with van der Waals surface area (Å²) in [6.07, 6.45) is 2.09. The van der Waals surface area contributed by atoms with Gasteiger partial charge in [0.25, 0.3) is 0 Å². The minimum atomic E-state index is -1.14. The van der Waals surface area contributed by atoms with E-state index < -0.39 is 11.4 Å². The van der Waals surface area contributed by atoms with Gasteiger partial charge in [-0.05, 0) is 6.42 Å². The predicted octanol–water partition coefficient (Wildman–Crippen LogP) is 0.711. The van der Waals surface area contributed by atoms with Gasteiger partial charge in [0.2, 0.25) is 0 Å². The first-order chi connectivity index (χ1) is 6.67. The van der Waals surface area contributed by atoms with Crippen LogP contribution in [0.3, 0.4) is 0 Å². The van der Waals surface area contributed by atoms with Crippen molar-refractivity contribution in [1.29, 1.82) is 0 Å². The summed E-state index contributed by atoms with van der Waals surface area (Å²) < 4.78 is 9.79. The van der Waals surface area contributed by atoms with E-state index in [1.54, 1.807) is 6.08 Å². The molecule has 1 aliphatic heterocycles. The Hall–Kier alpha value is -1.16. The molecule has 4 heteroatoms. The maximum Gasteiger partial charge on any atom is 0.322 e. The van der Waals surface area contributed by atoms with Crippen LogP contribution in [0.15, 0.2) is 12.7 Å². The minimum absolute atomic E-state index is 0.102. The number of hydrogen-bond donors (Lipinski definition) is 0. The van der Waals surface area contributed by atoms with Gasteiger partial charge < -0.3 is 9.47 Å². The number of allylic oxidation sites excluding steroid dienone is 1. The van der Waals surface area contributed by atoms with Crippen LogP contribution >= 0.6 is 0 Å². The largest absolute Gasteiger partial charge is 0.468 e. The molecule has 78 valence electrons. The molecule has 1 unspecified atom stereocenters. The van der Waals surface area contributed by atoms with Crippen molar-refractivity contribution in [2.24, 2.45) is 5.41 Å². The van der Waals surface area contributed by atoms with Gasteiger partial charge in [0, 0.05) is 6.42 Å². The summed E-state index contributed by atoms with van der Waals surface area (Å²) in [5, 5.41) is 0. The van der Waals surface area contributed by atoms with Gasteiger partial charge >= 0.3 is 5.97 Å². The Morgan fingerprint density at radius 1 is 1.79 bits per heavy atom. The Kier molecular flexibility index (Phi) is 3.41. The fraction of sp³-hybridized carbons (Fsp3) is 0.600. The van der Waals surface area contributed by atoms with Crippen LogP contribution in [0.25, 0.3) is 0 Å². The highest BCUT2D eigenvalue weighted by molar-refractivity contribution is 6.04. The van der Waals surface area contributed by atoms with E-state index in [4.69, 9.17) is 4.74 Å². The first kappa shape index (κ1) is 10.9. The Bertz CT molecular complexity index is 249. The van der Waals surface area contributed by atoms with Gasteiger partial charge in [0.05, 0.1) is 20.3 Å². The molecule has 0 spiro atoms. The highest BCUT2D eigenvalue weighted by Gasteiger charge is 2.47. The number of hydrogen-bond acceptors (Lipinski definition) is 4. The molecule has 1 aliphatic rings. The van der Waals surface area contributed by atoms with Gasteiger partial charge in [-0.2, -0.15) is 0 Å². The molecule has 4 nitrogen and oxygen atoms in total. The van der Waals surface area contributed by atoms with Gasteiger partial charge in [-0.1, -0.05) is 6.08 Å². The molecule has 1 atom stereocenters. The number of methoxy groups -OCH3 is 1. The highest BCUT2D eigenvalue weighted by atomic mass is 16.5. The van der Waals surface area contributed by atoms with Crippen LogP contribution in [-0.4, -0.2) is 32.1 Å². The Labute approximate surface area is 82.9 Å². The summed E-state index contributed by atoms with van der Waals surface area (Å²) in [4.78, 5) is 23.2. The number of carbonyl (C=O) groups is 2. The van der Waals surface area contributed by atoms with E-state index in [0.717, 1.165) is 0 Å². The van der Waals surface area contributed by atoms with Crippen LogP contribution in [0.4, 0.5) is 0 Å². The first-order valence-corrected chi connectivity index (χ1v) is 4.48. The Morgan fingerprint density at radius 2 is 2.50 bits per heavy atom. The molecular weight excluding hydrogens is 184 g/mol. The number of ketones is 1. The normalized spacial score (nSPS) is 27.1. The minimum Gasteiger partial charge on any atom is -0.468 e. The number of rotatable bonds is 3. The average molecular weight is 198 g/mol.